The first kappa shape index (κ1) is 31.8. The Hall–Kier alpha value is -3.64. The largest absolute Gasteiger partial charge is 0.459 e. The second-order valence-electron chi connectivity index (χ2n) is 11.0. The first-order chi connectivity index (χ1) is 20.9. The van der Waals surface area contributed by atoms with Gasteiger partial charge < -0.3 is 19.1 Å². The number of aliphatic hydroxyl groups is 1. The van der Waals surface area contributed by atoms with E-state index in [-0.39, 0.29) is 12.4 Å². The van der Waals surface area contributed by atoms with Crippen LogP contribution in [-0.2, 0) is 25.2 Å². The van der Waals surface area contributed by atoms with E-state index in [1.807, 2.05) is 66.5 Å². The van der Waals surface area contributed by atoms with Crippen LogP contribution in [0.25, 0.3) is 10.8 Å². The summed E-state index contributed by atoms with van der Waals surface area (Å²) in [5, 5.41) is 15.5. The molecule has 3 N–H and O–H groups in total. The first-order valence-corrected chi connectivity index (χ1v) is 15.7. The Morgan fingerprint density at radius 1 is 1.11 bits per heavy atom. The molecule has 4 aromatic rings. The van der Waals surface area contributed by atoms with E-state index in [2.05, 4.69) is 5.09 Å². The van der Waals surface area contributed by atoms with Crippen molar-refractivity contribution in [2.45, 2.75) is 57.5 Å². The van der Waals surface area contributed by atoms with Crippen molar-refractivity contribution in [2.75, 3.05) is 13.2 Å². The summed E-state index contributed by atoms with van der Waals surface area (Å²) in [5.41, 5.74) is -1.93. The van der Waals surface area contributed by atoms with E-state index >= 15 is 4.39 Å². The van der Waals surface area contributed by atoms with Crippen molar-refractivity contribution < 1.29 is 32.6 Å². The van der Waals surface area contributed by atoms with Crippen LogP contribution in [0.5, 0.6) is 5.75 Å². The van der Waals surface area contributed by atoms with Gasteiger partial charge in [-0.25, -0.2) is 18.8 Å². The fraction of sp³-hybridized carbons (Fsp3) is 0.355. The summed E-state index contributed by atoms with van der Waals surface area (Å²) in [6.45, 7) is 4.75. The van der Waals surface area contributed by atoms with Crippen molar-refractivity contribution in [3.05, 3.63) is 111 Å². The molecule has 13 heteroatoms. The molecular weight excluding hydrogens is 592 g/mol. The number of nitrogens with one attached hydrogen (secondary N) is 2. The van der Waals surface area contributed by atoms with Crippen LogP contribution in [0.1, 0.15) is 31.2 Å². The van der Waals surface area contributed by atoms with Gasteiger partial charge in [-0.15, -0.1) is 0 Å². The number of alkyl halides is 1. The molecule has 1 aliphatic heterocycles. The van der Waals surface area contributed by atoms with Crippen molar-refractivity contribution in [1.29, 1.82) is 0 Å². The zero-order chi connectivity index (χ0) is 31.5. The topological polar surface area (TPSA) is 141 Å². The zero-order valence-corrected chi connectivity index (χ0v) is 25.4. The monoisotopic (exact) mass is 627 g/mol. The molecule has 0 spiro atoms. The van der Waals surface area contributed by atoms with Crippen LogP contribution in [0.4, 0.5) is 4.39 Å². The minimum Gasteiger partial charge on any atom is -0.413 e. The summed E-state index contributed by atoms with van der Waals surface area (Å²) in [7, 11) is -4.19. The number of ether oxygens (including phenoxy) is 2. The van der Waals surface area contributed by atoms with Crippen LogP contribution in [-0.4, -0.2) is 51.8 Å². The van der Waals surface area contributed by atoms with Crippen molar-refractivity contribution in [2.24, 2.45) is 0 Å². The van der Waals surface area contributed by atoms with Crippen LogP contribution >= 0.6 is 7.75 Å². The summed E-state index contributed by atoms with van der Waals surface area (Å²) in [4.78, 5) is 25.8. The van der Waals surface area contributed by atoms with E-state index in [0.717, 1.165) is 45.7 Å². The smallest absolute Gasteiger partial charge is 0.413 e. The Bertz CT molecular complexity index is 1780. The molecule has 0 amide bonds. The number of halogens is 1. The van der Waals surface area contributed by atoms with Crippen molar-refractivity contribution in [3.63, 3.8) is 0 Å². The van der Waals surface area contributed by atoms with Gasteiger partial charge in [-0.05, 0) is 54.8 Å². The van der Waals surface area contributed by atoms with Gasteiger partial charge in [0.1, 0.15) is 18.0 Å². The van der Waals surface area contributed by atoms with Gasteiger partial charge in [0.25, 0.3) is 5.56 Å². The molecule has 1 aliphatic rings. The van der Waals surface area contributed by atoms with Crippen LogP contribution < -0.4 is 20.9 Å². The van der Waals surface area contributed by atoms with E-state index in [9.17, 15) is 19.3 Å². The molecule has 2 heterocycles. The molecule has 44 heavy (non-hydrogen) atoms. The van der Waals surface area contributed by atoms with Crippen LogP contribution in [0, 0.1) is 6.92 Å². The summed E-state index contributed by atoms with van der Waals surface area (Å²) < 4.78 is 53.9. The molecule has 0 radical (unpaired) electrons. The summed E-state index contributed by atoms with van der Waals surface area (Å²) in [6, 6.07) is 21.1. The van der Waals surface area contributed by atoms with Gasteiger partial charge in [0, 0.05) is 18.3 Å². The minimum absolute atomic E-state index is 0.158. The number of rotatable bonds is 12. The molecule has 0 aliphatic carbocycles. The molecule has 0 bridgehead atoms. The maximum absolute atomic E-state index is 15.7. The highest BCUT2D eigenvalue weighted by Crippen LogP contribution is 2.48. The van der Waals surface area contributed by atoms with Crippen molar-refractivity contribution >= 4 is 18.5 Å². The van der Waals surface area contributed by atoms with Crippen molar-refractivity contribution in [3.8, 4) is 5.75 Å². The number of hydrogen-bond donors (Lipinski definition) is 3. The SMILES string of the molecule is Cc1ccccc1COCC(C)NP(=O)(OC[C@H]1O[C@@H](n2ccc(=O)[nH]c2=O)[C@](C)(F)[C@@H]1O)Oc1ccc2ccccc2c1. The van der Waals surface area contributed by atoms with Crippen molar-refractivity contribution in [1.82, 2.24) is 14.6 Å². The normalized spacial score (nSPS) is 23.8. The lowest BCUT2D eigenvalue weighted by Gasteiger charge is -2.26. The maximum atomic E-state index is 15.7. The lowest BCUT2D eigenvalue weighted by Crippen LogP contribution is -2.43. The fourth-order valence-corrected chi connectivity index (χ4v) is 6.54. The number of aromatic nitrogens is 2. The quantitative estimate of drug-likeness (QED) is 0.195. The van der Waals surface area contributed by atoms with E-state index in [0.29, 0.717) is 6.61 Å². The van der Waals surface area contributed by atoms with E-state index in [1.165, 1.54) is 0 Å². The molecule has 2 unspecified atom stereocenters. The van der Waals surface area contributed by atoms with Crippen LogP contribution in [0.3, 0.4) is 0 Å². The lowest BCUT2D eigenvalue weighted by molar-refractivity contribution is -0.0594. The Balaban J connectivity index is 1.32. The van der Waals surface area contributed by atoms with Gasteiger partial charge >= 0.3 is 13.4 Å². The predicted octanol–water partition coefficient (Wildman–Crippen LogP) is 4.38. The Kier molecular flexibility index (Phi) is 9.50. The second kappa shape index (κ2) is 13.2. The van der Waals surface area contributed by atoms with E-state index < -0.39 is 55.7 Å². The molecule has 234 valence electrons. The average Bonchev–Trinajstić information content (AvgIpc) is 3.20. The Labute approximate surface area is 253 Å². The fourth-order valence-electron chi connectivity index (χ4n) is 5.01. The molecule has 3 aromatic carbocycles. The zero-order valence-electron chi connectivity index (χ0n) is 24.5. The maximum Gasteiger partial charge on any atom is 0.459 e. The number of hydrogen-bond acceptors (Lipinski definition) is 8. The van der Waals surface area contributed by atoms with Gasteiger partial charge in [0.15, 0.2) is 11.9 Å². The highest BCUT2D eigenvalue weighted by atomic mass is 31.2. The molecule has 0 saturated carbocycles. The average molecular weight is 628 g/mol. The van der Waals surface area contributed by atoms with Gasteiger partial charge in [0.2, 0.25) is 0 Å². The number of H-pyrrole nitrogens is 1. The molecule has 1 fully saturated rings. The van der Waals surface area contributed by atoms with Crippen LogP contribution in [0.15, 0.2) is 88.6 Å². The molecule has 6 atom stereocenters. The number of fused-ring (bicyclic) bond motifs is 1. The Morgan fingerprint density at radius 3 is 2.59 bits per heavy atom. The third kappa shape index (κ3) is 7.18. The highest BCUT2D eigenvalue weighted by Gasteiger charge is 2.55. The predicted molar refractivity (Wildman–Crippen MR) is 162 cm³/mol. The van der Waals surface area contributed by atoms with Gasteiger partial charge in [0.05, 0.1) is 19.8 Å². The molecular formula is C31H35FN3O8P. The van der Waals surface area contributed by atoms with Crippen LogP contribution in [0.2, 0.25) is 0 Å². The van der Waals surface area contributed by atoms with E-state index in [1.54, 1.807) is 19.1 Å². The summed E-state index contributed by atoms with van der Waals surface area (Å²) in [6.07, 6.45) is -3.61. The Morgan fingerprint density at radius 2 is 1.84 bits per heavy atom. The van der Waals surface area contributed by atoms with Gasteiger partial charge in [-0.2, -0.15) is 0 Å². The number of aliphatic hydroxyl groups excluding tert-OH is 1. The number of aryl methyl sites for hydroxylation is 1. The summed E-state index contributed by atoms with van der Waals surface area (Å²) in [5.74, 6) is 0.258. The number of aromatic amines is 1. The number of nitrogens with zero attached hydrogens (tertiary/aromatic N) is 1. The summed E-state index contributed by atoms with van der Waals surface area (Å²) >= 11 is 0. The lowest BCUT2D eigenvalue weighted by atomic mass is 9.98. The highest BCUT2D eigenvalue weighted by molar-refractivity contribution is 7.52. The van der Waals surface area contributed by atoms with Gasteiger partial charge in [-0.3, -0.25) is 18.9 Å². The number of benzene rings is 3. The molecule has 1 aromatic heterocycles. The minimum atomic E-state index is -4.19. The third-order valence-electron chi connectivity index (χ3n) is 7.44. The molecule has 5 rings (SSSR count). The second-order valence-corrected chi connectivity index (χ2v) is 12.7. The molecule has 11 nitrogen and oxygen atoms in total. The first-order valence-electron chi connectivity index (χ1n) is 14.1. The standard InChI is InChI=1S/C31H35FN3O8P/c1-20-8-4-5-11-24(20)18-40-17-21(2)34-44(39,43-25-13-12-22-9-6-7-10-23(22)16-25)41-19-26-28(37)31(3,32)29(42-26)35-15-14-27(36)33-30(35)38/h4-16,21,26,28-29,37H,17-19H2,1-3H3,(H,34,39)(H,33,36,38)/t21?,26-,28-,29-,31-,44?/m1/s1. The van der Waals surface area contributed by atoms with Gasteiger partial charge in [-0.1, -0.05) is 54.6 Å². The molecule has 1 saturated heterocycles. The van der Waals surface area contributed by atoms with E-state index in [4.69, 9.17) is 18.5 Å². The third-order valence-corrected chi connectivity index (χ3v) is 9.14.